The van der Waals surface area contributed by atoms with Gasteiger partial charge in [-0.3, -0.25) is 14.9 Å². The standard InChI is InChI=1S/C21H23N5O4/c1-12(2)11-29-17-8-19(28)26(25-20(17)13(3)4)10-18(27)24-21-23-15-6-5-14(9-22)7-16(15)30-21/h5-8,12-13H,10-11H2,1-4H3,(H,23,24,27). The summed E-state index contributed by atoms with van der Waals surface area (Å²) in [4.78, 5) is 29.0. The minimum atomic E-state index is -0.512. The van der Waals surface area contributed by atoms with Crippen LogP contribution in [0.3, 0.4) is 0 Å². The van der Waals surface area contributed by atoms with Crippen molar-refractivity contribution in [3.05, 3.63) is 45.9 Å². The van der Waals surface area contributed by atoms with E-state index >= 15 is 0 Å². The number of hydrogen-bond acceptors (Lipinski definition) is 7. The highest BCUT2D eigenvalue weighted by Gasteiger charge is 2.17. The second-order valence-electron chi connectivity index (χ2n) is 7.61. The van der Waals surface area contributed by atoms with E-state index in [1.54, 1.807) is 12.1 Å². The lowest BCUT2D eigenvalue weighted by atomic mass is 10.1. The molecule has 1 N–H and O–H groups in total. The van der Waals surface area contributed by atoms with Gasteiger partial charge in [0.2, 0.25) is 5.91 Å². The molecule has 3 aromatic rings. The maximum absolute atomic E-state index is 12.4. The first-order valence-electron chi connectivity index (χ1n) is 9.62. The number of oxazole rings is 1. The number of carbonyl (C=O) groups excluding carboxylic acids is 1. The molecule has 0 bridgehead atoms. The molecule has 0 fully saturated rings. The molecule has 156 valence electrons. The number of rotatable bonds is 7. The van der Waals surface area contributed by atoms with E-state index in [-0.39, 0.29) is 18.5 Å². The van der Waals surface area contributed by atoms with Gasteiger partial charge in [-0.25, -0.2) is 4.68 Å². The predicted octanol–water partition coefficient (Wildman–Crippen LogP) is 3.05. The number of aromatic nitrogens is 3. The molecule has 0 aliphatic carbocycles. The van der Waals surface area contributed by atoms with Crippen molar-refractivity contribution in [2.75, 3.05) is 11.9 Å². The van der Waals surface area contributed by atoms with Crippen molar-refractivity contribution >= 4 is 23.0 Å². The van der Waals surface area contributed by atoms with Crippen LogP contribution in [0.25, 0.3) is 11.1 Å². The molecule has 0 unspecified atom stereocenters. The zero-order valence-electron chi connectivity index (χ0n) is 17.3. The van der Waals surface area contributed by atoms with Gasteiger partial charge in [0.25, 0.3) is 5.56 Å². The van der Waals surface area contributed by atoms with Gasteiger partial charge in [-0.1, -0.05) is 27.7 Å². The third kappa shape index (κ3) is 4.84. The molecule has 0 spiro atoms. The van der Waals surface area contributed by atoms with Crippen molar-refractivity contribution in [1.29, 1.82) is 5.26 Å². The molecule has 1 amide bonds. The second kappa shape index (κ2) is 8.78. The number of carbonyl (C=O) groups is 1. The quantitative estimate of drug-likeness (QED) is 0.636. The Bertz CT molecular complexity index is 1170. The molecule has 0 aliphatic rings. The van der Waals surface area contributed by atoms with Crippen LogP contribution in [0.2, 0.25) is 0 Å². The van der Waals surface area contributed by atoms with Crippen LogP contribution in [-0.2, 0) is 11.3 Å². The van der Waals surface area contributed by atoms with Gasteiger partial charge in [-0.2, -0.15) is 15.3 Å². The molecule has 9 heteroatoms. The predicted molar refractivity (Wildman–Crippen MR) is 110 cm³/mol. The van der Waals surface area contributed by atoms with Gasteiger partial charge in [0.15, 0.2) is 5.58 Å². The van der Waals surface area contributed by atoms with Crippen LogP contribution in [0.5, 0.6) is 5.75 Å². The van der Waals surface area contributed by atoms with Crippen molar-refractivity contribution in [3.63, 3.8) is 0 Å². The fourth-order valence-corrected chi connectivity index (χ4v) is 2.72. The summed E-state index contributed by atoms with van der Waals surface area (Å²) in [5.74, 6) is 0.238. The van der Waals surface area contributed by atoms with Crippen molar-refractivity contribution < 1.29 is 13.9 Å². The Morgan fingerprint density at radius 3 is 2.73 bits per heavy atom. The van der Waals surface area contributed by atoms with Crippen LogP contribution in [0.15, 0.2) is 33.5 Å². The molecule has 0 atom stereocenters. The van der Waals surface area contributed by atoms with Crippen LogP contribution < -0.4 is 15.6 Å². The van der Waals surface area contributed by atoms with E-state index < -0.39 is 11.5 Å². The van der Waals surface area contributed by atoms with Gasteiger partial charge >= 0.3 is 6.01 Å². The molecule has 0 radical (unpaired) electrons. The Morgan fingerprint density at radius 1 is 1.30 bits per heavy atom. The summed E-state index contributed by atoms with van der Waals surface area (Å²) in [5.41, 5.74) is 1.48. The Balaban J connectivity index is 1.78. The lowest BCUT2D eigenvalue weighted by molar-refractivity contribution is -0.117. The van der Waals surface area contributed by atoms with Gasteiger partial charge in [-0.15, -0.1) is 0 Å². The number of ether oxygens (including phenoxy) is 1. The van der Waals surface area contributed by atoms with E-state index in [0.29, 0.717) is 40.6 Å². The molecule has 0 aliphatic heterocycles. The second-order valence-corrected chi connectivity index (χ2v) is 7.61. The number of nitriles is 1. The zero-order chi connectivity index (χ0) is 21.8. The number of benzene rings is 1. The first-order chi connectivity index (χ1) is 14.3. The van der Waals surface area contributed by atoms with E-state index in [4.69, 9.17) is 14.4 Å². The fourth-order valence-electron chi connectivity index (χ4n) is 2.72. The summed E-state index contributed by atoms with van der Waals surface area (Å²) < 4.78 is 12.3. The van der Waals surface area contributed by atoms with Crippen molar-refractivity contribution in [1.82, 2.24) is 14.8 Å². The topological polar surface area (TPSA) is 123 Å². The van der Waals surface area contributed by atoms with Gasteiger partial charge in [0.05, 0.1) is 18.2 Å². The normalized spacial score (nSPS) is 11.1. The van der Waals surface area contributed by atoms with Gasteiger partial charge < -0.3 is 9.15 Å². The summed E-state index contributed by atoms with van der Waals surface area (Å²) in [7, 11) is 0. The SMILES string of the molecule is CC(C)COc1cc(=O)n(CC(=O)Nc2nc3ccc(C#N)cc3o2)nc1C(C)C. The number of nitrogens with zero attached hydrogens (tertiary/aromatic N) is 4. The lowest BCUT2D eigenvalue weighted by Gasteiger charge is -2.16. The monoisotopic (exact) mass is 409 g/mol. The maximum Gasteiger partial charge on any atom is 0.302 e. The molecule has 9 nitrogen and oxygen atoms in total. The summed E-state index contributed by atoms with van der Waals surface area (Å²) in [6, 6.07) is 8.13. The average Bonchev–Trinajstić information content (AvgIpc) is 3.08. The number of fused-ring (bicyclic) bond motifs is 1. The lowest BCUT2D eigenvalue weighted by Crippen LogP contribution is -2.30. The highest BCUT2D eigenvalue weighted by molar-refractivity contribution is 5.89. The van der Waals surface area contributed by atoms with Crippen LogP contribution >= 0.6 is 0 Å². The Hall–Kier alpha value is -3.67. The van der Waals surface area contributed by atoms with E-state index in [9.17, 15) is 9.59 Å². The summed E-state index contributed by atoms with van der Waals surface area (Å²) in [5, 5.41) is 15.8. The van der Waals surface area contributed by atoms with Crippen molar-refractivity contribution in [2.24, 2.45) is 5.92 Å². The number of amides is 1. The van der Waals surface area contributed by atoms with E-state index in [1.165, 1.54) is 12.1 Å². The molecule has 30 heavy (non-hydrogen) atoms. The third-order valence-electron chi connectivity index (χ3n) is 4.17. The van der Waals surface area contributed by atoms with Crippen LogP contribution in [0.4, 0.5) is 6.01 Å². The molecule has 0 saturated carbocycles. The summed E-state index contributed by atoms with van der Waals surface area (Å²) in [6.45, 7) is 8.07. The molecule has 2 aromatic heterocycles. The van der Waals surface area contributed by atoms with Gasteiger partial charge in [-0.05, 0) is 18.1 Å². The van der Waals surface area contributed by atoms with E-state index in [1.807, 2.05) is 33.8 Å². The molecule has 2 heterocycles. The Kier molecular flexibility index (Phi) is 6.16. The summed E-state index contributed by atoms with van der Waals surface area (Å²) in [6.07, 6.45) is 0. The van der Waals surface area contributed by atoms with Crippen molar-refractivity contribution in [3.8, 4) is 11.8 Å². The van der Waals surface area contributed by atoms with Crippen molar-refractivity contribution in [2.45, 2.75) is 40.2 Å². The van der Waals surface area contributed by atoms with E-state index in [2.05, 4.69) is 15.4 Å². The first kappa shape index (κ1) is 21.0. The molecular formula is C21H23N5O4. The third-order valence-corrected chi connectivity index (χ3v) is 4.17. The number of nitrogens with one attached hydrogen (secondary N) is 1. The smallest absolute Gasteiger partial charge is 0.302 e. The number of hydrogen-bond donors (Lipinski definition) is 1. The highest BCUT2D eigenvalue weighted by Crippen LogP contribution is 2.23. The molecule has 1 aromatic carbocycles. The van der Waals surface area contributed by atoms with Crippen LogP contribution in [0, 0.1) is 17.2 Å². The molecular weight excluding hydrogens is 386 g/mol. The van der Waals surface area contributed by atoms with Crippen LogP contribution in [0.1, 0.15) is 44.9 Å². The fraction of sp³-hybridized carbons (Fsp3) is 0.381. The van der Waals surface area contributed by atoms with E-state index in [0.717, 1.165) is 4.68 Å². The largest absolute Gasteiger partial charge is 0.491 e. The first-order valence-corrected chi connectivity index (χ1v) is 9.62. The minimum Gasteiger partial charge on any atom is -0.491 e. The average molecular weight is 409 g/mol. The van der Waals surface area contributed by atoms with Gasteiger partial charge in [0, 0.05) is 18.1 Å². The molecule has 3 rings (SSSR count). The maximum atomic E-state index is 12.4. The van der Waals surface area contributed by atoms with Gasteiger partial charge in [0.1, 0.15) is 23.5 Å². The Morgan fingerprint density at radius 2 is 2.07 bits per heavy atom. The number of anilines is 1. The summed E-state index contributed by atoms with van der Waals surface area (Å²) >= 11 is 0. The molecule has 0 saturated heterocycles. The Labute approximate surface area is 173 Å². The minimum absolute atomic E-state index is 0.00782. The zero-order valence-corrected chi connectivity index (χ0v) is 17.3. The highest BCUT2D eigenvalue weighted by atomic mass is 16.5. The van der Waals surface area contributed by atoms with Crippen LogP contribution in [-0.4, -0.2) is 27.3 Å².